The minimum Gasteiger partial charge on any atom is -0.456 e. The molecular formula is C44H24O3. The molecule has 3 nitrogen and oxygen atoms in total. The van der Waals surface area contributed by atoms with Crippen LogP contribution in [0.1, 0.15) is 0 Å². The van der Waals surface area contributed by atoms with Crippen LogP contribution in [0, 0.1) is 0 Å². The highest BCUT2D eigenvalue weighted by atomic mass is 16.4. The van der Waals surface area contributed by atoms with Crippen molar-refractivity contribution in [1.29, 1.82) is 0 Å². The fraction of sp³-hybridized carbons (Fsp3) is 0. The van der Waals surface area contributed by atoms with Gasteiger partial charge in [-0.05, 0) is 80.2 Å². The van der Waals surface area contributed by atoms with Gasteiger partial charge in [0.25, 0.3) is 0 Å². The van der Waals surface area contributed by atoms with Crippen molar-refractivity contribution in [3.8, 4) is 22.3 Å². The minimum absolute atomic E-state index is 0.780. The maximum atomic E-state index is 6.64. The summed E-state index contributed by atoms with van der Waals surface area (Å²) in [6, 6.07) is 51.3. The first kappa shape index (κ1) is 24.9. The van der Waals surface area contributed by atoms with E-state index in [4.69, 9.17) is 13.3 Å². The molecule has 218 valence electrons. The lowest BCUT2D eigenvalue weighted by Crippen LogP contribution is -1.91. The van der Waals surface area contributed by atoms with E-state index in [1.54, 1.807) is 0 Å². The SMILES string of the molecule is c1ccc2c(c1)oc1cc(-c3c4ccccc4c(-c4cc5c6ccccc6oc5c5oc6ccccc6c45)c4ccccc34)ccc12. The third kappa shape index (κ3) is 3.35. The number of rotatable bonds is 2. The van der Waals surface area contributed by atoms with Crippen molar-refractivity contribution in [2.24, 2.45) is 0 Å². The summed E-state index contributed by atoms with van der Waals surface area (Å²) in [5.74, 6) is 0. The Morgan fingerprint density at radius 3 is 1.43 bits per heavy atom. The molecule has 0 fully saturated rings. The van der Waals surface area contributed by atoms with Gasteiger partial charge in [0.2, 0.25) is 0 Å². The van der Waals surface area contributed by atoms with Gasteiger partial charge in [-0.2, -0.15) is 0 Å². The van der Waals surface area contributed by atoms with Crippen LogP contribution in [0.2, 0.25) is 0 Å². The normalized spacial score (nSPS) is 12.3. The van der Waals surface area contributed by atoms with Gasteiger partial charge in [-0.3, -0.25) is 0 Å². The van der Waals surface area contributed by atoms with Gasteiger partial charge in [-0.1, -0.05) is 109 Å². The third-order valence-corrected chi connectivity index (χ3v) is 9.86. The molecule has 0 spiro atoms. The molecular weight excluding hydrogens is 576 g/mol. The van der Waals surface area contributed by atoms with Crippen molar-refractivity contribution < 1.29 is 13.3 Å². The summed E-state index contributed by atoms with van der Waals surface area (Å²) in [7, 11) is 0. The molecule has 11 aromatic rings. The van der Waals surface area contributed by atoms with E-state index in [2.05, 4.69) is 109 Å². The van der Waals surface area contributed by atoms with E-state index in [1.165, 1.54) is 32.7 Å². The molecule has 0 saturated carbocycles. The van der Waals surface area contributed by atoms with Crippen LogP contribution in [0.15, 0.2) is 159 Å². The topological polar surface area (TPSA) is 39.4 Å². The smallest absolute Gasteiger partial charge is 0.179 e. The zero-order valence-corrected chi connectivity index (χ0v) is 25.1. The van der Waals surface area contributed by atoms with Gasteiger partial charge in [0.15, 0.2) is 11.2 Å². The van der Waals surface area contributed by atoms with E-state index in [9.17, 15) is 0 Å². The van der Waals surface area contributed by atoms with Gasteiger partial charge in [0.05, 0.1) is 0 Å². The number of para-hydroxylation sites is 3. The summed E-state index contributed by atoms with van der Waals surface area (Å²) in [4.78, 5) is 0. The standard InChI is InChI=1S/C44H24O3/c1-3-15-31-29(13-1)40(25-21-22-28-26-11-5-8-18-36(26)45-39(28)23-25)30-14-2-4-16-32(30)41(31)35-24-34-27-12-6-9-19-37(27)46-43(34)44-42(35)33-17-7-10-20-38(33)47-44/h1-24H. The lowest BCUT2D eigenvalue weighted by atomic mass is 9.84. The number of hydrogen-bond acceptors (Lipinski definition) is 3. The Bertz CT molecular complexity index is 3020. The molecule has 0 radical (unpaired) electrons. The first-order chi connectivity index (χ1) is 23.3. The molecule has 3 heterocycles. The zero-order chi connectivity index (χ0) is 30.6. The van der Waals surface area contributed by atoms with E-state index >= 15 is 0 Å². The van der Waals surface area contributed by atoms with Crippen LogP contribution in [0.3, 0.4) is 0 Å². The highest BCUT2D eigenvalue weighted by molar-refractivity contribution is 6.30. The summed E-state index contributed by atoms with van der Waals surface area (Å²) in [6.07, 6.45) is 0. The van der Waals surface area contributed by atoms with Gasteiger partial charge in [0, 0.05) is 32.3 Å². The quantitative estimate of drug-likeness (QED) is 0.185. The molecule has 0 unspecified atom stereocenters. The van der Waals surface area contributed by atoms with Gasteiger partial charge in [-0.25, -0.2) is 0 Å². The van der Waals surface area contributed by atoms with E-state index in [0.717, 1.165) is 76.9 Å². The largest absolute Gasteiger partial charge is 0.456 e. The Morgan fingerprint density at radius 2 is 0.766 bits per heavy atom. The highest BCUT2D eigenvalue weighted by Gasteiger charge is 2.24. The lowest BCUT2D eigenvalue weighted by molar-refractivity contribution is 0.633. The maximum absolute atomic E-state index is 6.64. The monoisotopic (exact) mass is 600 g/mol. The van der Waals surface area contributed by atoms with Crippen LogP contribution in [0.4, 0.5) is 0 Å². The number of furan rings is 3. The second-order valence-corrected chi connectivity index (χ2v) is 12.4. The molecule has 11 rings (SSSR count). The van der Waals surface area contributed by atoms with E-state index in [1.807, 2.05) is 36.4 Å². The van der Waals surface area contributed by atoms with E-state index in [0.29, 0.717) is 0 Å². The molecule has 0 aliphatic heterocycles. The first-order valence-corrected chi connectivity index (χ1v) is 15.9. The number of fused-ring (bicyclic) bond motifs is 12. The molecule has 8 aromatic carbocycles. The Morgan fingerprint density at radius 1 is 0.298 bits per heavy atom. The Labute approximate surface area is 267 Å². The van der Waals surface area contributed by atoms with Gasteiger partial charge < -0.3 is 13.3 Å². The van der Waals surface area contributed by atoms with E-state index < -0.39 is 0 Å². The Balaban J connectivity index is 1.31. The second-order valence-electron chi connectivity index (χ2n) is 12.4. The fourth-order valence-corrected chi connectivity index (χ4v) is 7.87. The van der Waals surface area contributed by atoms with E-state index in [-0.39, 0.29) is 0 Å². The van der Waals surface area contributed by atoms with Crippen LogP contribution in [0.25, 0.3) is 110 Å². The minimum atomic E-state index is 0.780. The van der Waals surface area contributed by atoms with Crippen LogP contribution in [-0.2, 0) is 0 Å². The molecule has 0 aliphatic rings. The van der Waals surface area contributed by atoms with Crippen molar-refractivity contribution in [1.82, 2.24) is 0 Å². The maximum Gasteiger partial charge on any atom is 0.179 e. The van der Waals surface area contributed by atoms with Crippen LogP contribution in [-0.4, -0.2) is 0 Å². The average Bonchev–Trinajstić information content (AvgIpc) is 3.81. The van der Waals surface area contributed by atoms with Crippen molar-refractivity contribution in [3.05, 3.63) is 146 Å². The molecule has 47 heavy (non-hydrogen) atoms. The number of hydrogen-bond donors (Lipinski definition) is 0. The van der Waals surface area contributed by atoms with Gasteiger partial charge >= 0.3 is 0 Å². The molecule has 0 bridgehead atoms. The summed E-state index contributed by atoms with van der Waals surface area (Å²) >= 11 is 0. The van der Waals surface area contributed by atoms with Crippen LogP contribution < -0.4 is 0 Å². The summed E-state index contributed by atoms with van der Waals surface area (Å²) in [5.41, 5.74) is 9.72. The predicted molar refractivity (Wildman–Crippen MR) is 194 cm³/mol. The molecule has 0 amide bonds. The zero-order valence-electron chi connectivity index (χ0n) is 25.1. The van der Waals surface area contributed by atoms with Crippen molar-refractivity contribution in [3.63, 3.8) is 0 Å². The Kier molecular flexibility index (Phi) is 4.84. The van der Waals surface area contributed by atoms with Crippen LogP contribution in [0.5, 0.6) is 0 Å². The molecule has 3 heteroatoms. The molecule has 3 aromatic heterocycles. The summed E-state index contributed by atoms with van der Waals surface area (Å²) in [5, 5.41) is 11.3. The highest BCUT2D eigenvalue weighted by Crippen LogP contribution is 2.50. The average molecular weight is 601 g/mol. The third-order valence-electron chi connectivity index (χ3n) is 9.86. The summed E-state index contributed by atoms with van der Waals surface area (Å²) < 4.78 is 19.5. The van der Waals surface area contributed by atoms with Gasteiger partial charge in [-0.15, -0.1) is 0 Å². The Hall–Kier alpha value is -6.32. The van der Waals surface area contributed by atoms with Crippen molar-refractivity contribution in [2.75, 3.05) is 0 Å². The predicted octanol–water partition coefficient (Wildman–Crippen LogP) is 13.0. The van der Waals surface area contributed by atoms with Crippen molar-refractivity contribution in [2.45, 2.75) is 0 Å². The van der Waals surface area contributed by atoms with Gasteiger partial charge in [0.1, 0.15) is 22.3 Å². The fourth-order valence-electron chi connectivity index (χ4n) is 7.87. The first-order valence-electron chi connectivity index (χ1n) is 15.9. The second kappa shape index (κ2) is 9.12. The lowest BCUT2D eigenvalue weighted by Gasteiger charge is -2.18. The van der Waals surface area contributed by atoms with Crippen LogP contribution >= 0.6 is 0 Å². The summed E-state index contributed by atoms with van der Waals surface area (Å²) in [6.45, 7) is 0. The molecule has 0 N–H and O–H groups in total. The molecule has 0 aliphatic carbocycles. The molecule has 0 saturated heterocycles. The molecule has 0 atom stereocenters. The number of benzene rings is 8. The van der Waals surface area contributed by atoms with Crippen molar-refractivity contribution >= 4 is 87.4 Å².